The molecule has 3 rings (SSSR count). The van der Waals surface area contributed by atoms with Crippen LogP contribution < -0.4 is 15.9 Å². The molecule has 6 nitrogen and oxygen atoms in total. The highest BCUT2D eigenvalue weighted by molar-refractivity contribution is 7.27. The highest BCUT2D eigenvalue weighted by Gasteiger charge is 2.32. The molecule has 0 saturated carbocycles. The van der Waals surface area contributed by atoms with Crippen LogP contribution in [-0.2, 0) is 23.2 Å². The van der Waals surface area contributed by atoms with Gasteiger partial charge in [-0.25, -0.2) is 9.37 Å². The molecule has 0 aliphatic heterocycles. The largest absolute Gasteiger partial charge is 0.328 e. The van der Waals surface area contributed by atoms with Crippen LogP contribution in [0.25, 0.3) is 0 Å². The Bertz CT molecular complexity index is 1050. The number of nitrogens with zero attached hydrogens (tertiary/aromatic N) is 3. The minimum atomic E-state index is -0.294. The molecule has 0 radical (unpaired) electrons. The number of anilines is 1. The monoisotopic (exact) mass is 517 g/mol. The summed E-state index contributed by atoms with van der Waals surface area (Å²) in [6, 6.07) is 3.47. The van der Waals surface area contributed by atoms with Crippen LogP contribution in [0.4, 0.5) is 10.2 Å². The Balaban J connectivity index is 1.66. The smallest absolute Gasteiger partial charge is 0.242 e. The Morgan fingerprint density at radius 2 is 2.00 bits per heavy atom. The van der Waals surface area contributed by atoms with Crippen LogP contribution in [0.1, 0.15) is 71.9 Å². The molecule has 200 valence electrons. The van der Waals surface area contributed by atoms with Gasteiger partial charge in [-0.15, -0.1) is 9.24 Å². The third kappa shape index (κ3) is 7.36. The lowest BCUT2D eigenvalue weighted by molar-refractivity contribution is -0.122. The second kappa shape index (κ2) is 11.7. The number of nitrogens with one attached hydrogen (secondary N) is 2. The highest BCUT2D eigenvalue weighted by Crippen LogP contribution is 2.28. The second-order valence-corrected chi connectivity index (χ2v) is 12.8. The van der Waals surface area contributed by atoms with Gasteiger partial charge in [0.15, 0.2) is 5.82 Å². The van der Waals surface area contributed by atoms with Gasteiger partial charge in [-0.3, -0.25) is 9.69 Å². The van der Waals surface area contributed by atoms with Crippen LogP contribution in [0.5, 0.6) is 0 Å². The molecule has 0 bridgehead atoms. The summed E-state index contributed by atoms with van der Waals surface area (Å²) < 4.78 is 16.7. The van der Waals surface area contributed by atoms with Gasteiger partial charge >= 0.3 is 0 Å². The number of likely N-dealkylation sites (N-methyl/N-ethyl adjacent to an activating group) is 1. The number of halogens is 1. The number of aryl methyl sites for hydroxylation is 1. The number of benzene rings is 1. The maximum atomic E-state index is 14.7. The zero-order chi connectivity index (χ0) is 26.7. The Labute approximate surface area is 219 Å². The first-order chi connectivity index (χ1) is 16.8. The molecule has 1 aromatic carbocycles. The summed E-state index contributed by atoms with van der Waals surface area (Å²) in [6.07, 6.45) is 7.68. The fourth-order valence-electron chi connectivity index (χ4n) is 4.99. The van der Waals surface area contributed by atoms with E-state index in [0.29, 0.717) is 12.2 Å². The molecule has 1 aromatic heterocycles. The molecule has 1 heterocycles. The lowest BCUT2D eigenvalue weighted by Crippen LogP contribution is -2.49. The normalized spacial score (nSPS) is 17.2. The maximum absolute atomic E-state index is 14.7. The van der Waals surface area contributed by atoms with Crippen molar-refractivity contribution >= 4 is 26.3 Å². The summed E-state index contributed by atoms with van der Waals surface area (Å²) >= 11 is 0. The van der Waals surface area contributed by atoms with Crippen LogP contribution in [0.3, 0.4) is 0 Å². The number of carbonyl (C=O) groups excluding carboxylic acids is 1. The lowest BCUT2D eigenvalue weighted by atomic mass is 9.86. The van der Waals surface area contributed by atoms with Gasteiger partial charge in [0.1, 0.15) is 5.82 Å². The van der Waals surface area contributed by atoms with Crippen molar-refractivity contribution in [2.75, 3.05) is 25.5 Å². The zero-order valence-electron chi connectivity index (χ0n) is 23.1. The van der Waals surface area contributed by atoms with Crippen molar-refractivity contribution in [1.82, 2.24) is 19.8 Å². The molecule has 2 aromatic rings. The van der Waals surface area contributed by atoms with Crippen molar-refractivity contribution in [3.8, 4) is 0 Å². The van der Waals surface area contributed by atoms with Crippen LogP contribution in [-0.4, -0.2) is 52.6 Å². The van der Waals surface area contributed by atoms with Crippen molar-refractivity contribution in [3.05, 3.63) is 41.6 Å². The molecule has 1 unspecified atom stereocenters. The SMILES string of the molecule is CCC[C@@H](C(=O)Nc1cn(C(C)(C)CNCC(C)(C)C)cn1)N(C)[C@H]1CCc2cc(P)cc(F)c2C1. The van der Waals surface area contributed by atoms with Crippen molar-refractivity contribution in [3.63, 3.8) is 0 Å². The zero-order valence-corrected chi connectivity index (χ0v) is 24.3. The van der Waals surface area contributed by atoms with Crippen molar-refractivity contribution < 1.29 is 9.18 Å². The molecule has 8 heteroatoms. The average Bonchev–Trinajstić information content (AvgIpc) is 3.25. The van der Waals surface area contributed by atoms with Crippen LogP contribution in [0.2, 0.25) is 0 Å². The first-order valence-electron chi connectivity index (χ1n) is 13.2. The summed E-state index contributed by atoms with van der Waals surface area (Å²) in [5, 5.41) is 7.48. The van der Waals surface area contributed by atoms with Crippen molar-refractivity contribution in [2.45, 2.75) is 91.3 Å². The number of carbonyl (C=O) groups is 1. The highest BCUT2D eigenvalue weighted by atomic mass is 31.0. The van der Waals surface area contributed by atoms with E-state index < -0.39 is 0 Å². The number of aromatic nitrogens is 2. The van der Waals surface area contributed by atoms with Crippen LogP contribution in [0, 0.1) is 11.2 Å². The van der Waals surface area contributed by atoms with Gasteiger partial charge in [0, 0.05) is 25.3 Å². The van der Waals surface area contributed by atoms with Gasteiger partial charge in [0.25, 0.3) is 0 Å². The first-order valence-corrected chi connectivity index (χ1v) is 13.7. The molecule has 1 aliphatic carbocycles. The Hall–Kier alpha value is -1.82. The van der Waals surface area contributed by atoms with Gasteiger partial charge in [-0.1, -0.05) is 40.2 Å². The van der Waals surface area contributed by atoms with E-state index >= 15 is 0 Å². The molecule has 0 fully saturated rings. The van der Waals surface area contributed by atoms with E-state index in [2.05, 4.69) is 81.9 Å². The minimum absolute atomic E-state index is 0.0557. The van der Waals surface area contributed by atoms with E-state index in [0.717, 1.165) is 55.2 Å². The molecule has 1 amide bonds. The van der Waals surface area contributed by atoms with Gasteiger partial charge < -0.3 is 15.2 Å². The number of rotatable bonds is 10. The molecule has 0 saturated heterocycles. The van der Waals surface area contributed by atoms with E-state index in [1.807, 2.05) is 13.2 Å². The minimum Gasteiger partial charge on any atom is -0.328 e. The number of fused-ring (bicyclic) bond motifs is 1. The Kier molecular flexibility index (Phi) is 9.35. The quantitative estimate of drug-likeness (QED) is 0.456. The summed E-state index contributed by atoms with van der Waals surface area (Å²) in [5.41, 5.74) is 1.92. The van der Waals surface area contributed by atoms with Gasteiger partial charge in [-0.05, 0) is 74.5 Å². The fourth-order valence-corrected chi connectivity index (χ4v) is 5.33. The van der Waals surface area contributed by atoms with Crippen molar-refractivity contribution in [1.29, 1.82) is 0 Å². The summed E-state index contributed by atoms with van der Waals surface area (Å²) in [4.78, 5) is 20.0. The summed E-state index contributed by atoms with van der Waals surface area (Å²) in [5.74, 6) is 0.364. The third-order valence-corrected chi connectivity index (χ3v) is 7.51. The molecule has 36 heavy (non-hydrogen) atoms. The molecule has 3 atom stereocenters. The summed E-state index contributed by atoms with van der Waals surface area (Å²) in [7, 11) is 4.59. The predicted octanol–water partition coefficient (Wildman–Crippen LogP) is 4.49. The van der Waals surface area contributed by atoms with E-state index in [9.17, 15) is 9.18 Å². The van der Waals surface area contributed by atoms with Gasteiger partial charge in [0.05, 0.1) is 17.9 Å². The van der Waals surface area contributed by atoms with Crippen LogP contribution >= 0.6 is 9.24 Å². The third-order valence-electron chi connectivity index (χ3n) is 7.17. The predicted molar refractivity (Wildman–Crippen MR) is 151 cm³/mol. The summed E-state index contributed by atoms with van der Waals surface area (Å²) in [6.45, 7) is 14.8. The number of hydrogen-bond acceptors (Lipinski definition) is 4. The van der Waals surface area contributed by atoms with Crippen molar-refractivity contribution in [2.24, 2.45) is 5.41 Å². The average molecular weight is 518 g/mol. The Morgan fingerprint density at radius 1 is 1.28 bits per heavy atom. The Morgan fingerprint density at radius 3 is 2.67 bits per heavy atom. The molecule has 2 N–H and O–H groups in total. The fraction of sp³-hybridized carbons (Fsp3) is 0.643. The standard InChI is InChI=1S/C28H45FN5OP/c1-8-9-24(33(7)20-11-10-19-12-21(36)14-23(29)22(19)13-20)26(35)32-25-15-34(18-31-25)28(5,6)17-30-16-27(2,3)4/h12,14-15,18,20,24,30H,8-11,13,16-17,36H2,1-7H3,(H,32,35)/t20-,24-/m0/s1. The number of amides is 1. The van der Waals surface area contributed by atoms with Gasteiger partial charge in [0.2, 0.25) is 5.91 Å². The molecule has 1 aliphatic rings. The van der Waals surface area contributed by atoms with E-state index in [-0.39, 0.29) is 34.8 Å². The van der Waals surface area contributed by atoms with E-state index in [1.165, 1.54) is 0 Å². The number of imidazole rings is 1. The number of hydrogen-bond donors (Lipinski definition) is 2. The lowest BCUT2D eigenvalue weighted by Gasteiger charge is -2.37. The molecular formula is C28H45FN5OP. The topological polar surface area (TPSA) is 62.2 Å². The van der Waals surface area contributed by atoms with Gasteiger partial charge in [-0.2, -0.15) is 0 Å². The van der Waals surface area contributed by atoms with E-state index in [1.54, 1.807) is 12.4 Å². The van der Waals surface area contributed by atoms with E-state index in [4.69, 9.17) is 0 Å². The van der Waals surface area contributed by atoms with Crippen LogP contribution in [0.15, 0.2) is 24.7 Å². The molecular weight excluding hydrogens is 472 g/mol. The maximum Gasteiger partial charge on any atom is 0.242 e. The second-order valence-electron chi connectivity index (χ2n) is 12.1. The molecule has 0 spiro atoms. The first kappa shape index (κ1) is 28.7.